The Morgan fingerprint density at radius 1 is 1.10 bits per heavy atom. The number of carbonyl (C=O) groups excluding carboxylic acids is 1. The Balaban J connectivity index is 2.21. The van der Waals surface area contributed by atoms with Crippen LogP contribution < -0.4 is 0 Å². The van der Waals surface area contributed by atoms with Gasteiger partial charge in [-0.15, -0.1) is 0 Å². The van der Waals surface area contributed by atoms with Crippen molar-refractivity contribution >= 4 is 13.9 Å². The van der Waals surface area contributed by atoms with Crippen LogP contribution >= 0.6 is 0 Å². The minimum absolute atomic E-state index is 0.202. The lowest BCUT2D eigenvalue weighted by Gasteiger charge is -2.50. The quantitative estimate of drug-likeness (QED) is 0.487. The Morgan fingerprint density at radius 2 is 1.75 bits per heavy atom. The van der Waals surface area contributed by atoms with Crippen molar-refractivity contribution in [3.63, 3.8) is 0 Å². The van der Waals surface area contributed by atoms with Crippen molar-refractivity contribution in [3.8, 4) is 0 Å². The van der Waals surface area contributed by atoms with Crippen molar-refractivity contribution in [3.05, 3.63) is 34.4 Å². The third-order valence-electron chi connectivity index (χ3n) is 6.04. The molecule has 0 bridgehead atoms. The highest BCUT2D eigenvalue weighted by molar-refractivity contribution is 6.80. The predicted molar refractivity (Wildman–Crippen MR) is 87.5 cm³/mol. The van der Waals surface area contributed by atoms with Crippen molar-refractivity contribution in [2.45, 2.75) is 64.2 Å². The fraction of sp³-hybridized carbons (Fsp3) is 0.611. The van der Waals surface area contributed by atoms with E-state index in [0.717, 1.165) is 25.7 Å². The van der Waals surface area contributed by atoms with Crippen LogP contribution in [0.1, 0.15) is 39.5 Å². The fourth-order valence-corrected chi connectivity index (χ4v) is 8.01. The molecule has 3 rings (SSSR count). The molecular formula is C18H26OSi. The first-order chi connectivity index (χ1) is 9.29. The van der Waals surface area contributed by atoms with Crippen LogP contribution in [-0.2, 0) is 4.79 Å². The number of rotatable bonds is 1. The van der Waals surface area contributed by atoms with Crippen molar-refractivity contribution < 1.29 is 4.79 Å². The van der Waals surface area contributed by atoms with E-state index in [2.05, 4.69) is 45.6 Å². The minimum Gasteiger partial charge on any atom is -0.294 e. The normalized spacial score (nSPS) is 33.6. The lowest BCUT2D eigenvalue weighted by atomic mass is 9.74. The number of fused-ring (bicyclic) bond motifs is 2. The molecule has 20 heavy (non-hydrogen) atoms. The zero-order chi connectivity index (χ0) is 14.7. The highest BCUT2D eigenvalue weighted by Gasteiger charge is 2.60. The lowest BCUT2D eigenvalue weighted by Crippen LogP contribution is -2.47. The van der Waals surface area contributed by atoms with Gasteiger partial charge < -0.3 is 0 Å². The summed E-state index contributed by atoms with van der Waals surface area (Å²) in [4.78, 5) is 13.0. The van der Waals surface area contributed by atoms with Crippen molar-refractivity contribution in [1.29, 1.82) is 0 Å². The highest BCUT2D eigenvalue weighted by Crippen LogP contribution is 2.66. The van der Waals surface area contributed by atoms with E-state index in [1.54, 1.807) is 5.57 Å². The van der Waals surface area contributed by atoms with Gasteiger partial charge in [0.2, 0.25) is 0 Å². The van der Waals surface area contributed by atoms with Crippen LogP contribution in [0.25, 0.3) is 0 Å². The molecule has 0 amide bonds. The molecule has 2 unspecified atom stereocenters. The molecule has 0 fully saturated rings. The largest absolute Gasteiger partial charge is 0.294 e. The molecule has 3 aliphatic rings. The van der Waals surface area contributed by atoms with Gasteiger partial charge in [0.25, 0.3) is 0 Å². The van der Waals surface area contributed by atoms with Crippen LogP contribution in [0.15, 0.2) is 34.4 Å². The molecule has 0 saturated heterocycles. The predicted octanol–water partition coefficient (Wildman–Crippen LogP) is 5.04. The van der Waals surface area contributed by atoms with Crippen molar-refractivity contribution in [2.75, 3.05) is 0 Å². The summed E-state index contributed by atoms with van der Waals surface area (Å²) in [5.74, 6) is 0.737. The van der Waals surface area contributed by atoms with Gasteiger partial charge in [-0.25, -0.2) is 0 Å². The summed E-state index contributed by atoms with van der Waals surface area (Å²) in [5.41, 5.74) is 5.72. The number of hydrogen-bond donors (Lipinski definition) is 0. The third-order valence-corrected chi connectivity index (χ3v) is 9.55. The van der Waals surface area contributed by atoms with Gasteiger partial charge in [0.1, 0.15) is 0 Å². The first kappa shape index (κ1) is 14.1. The molecule has 0 aromatic rings. The summed E-state index contributed by atoms with van der Waals surface area (Å²) >= 11 is 0. The van der Waals surface area contributed by atoms with E-state index >= 15 is 0 Å². The second kappa shape index (κ2) is 4.30. The minimum atomic E-state index is -1.48. The topological polar surface area (TPSA) is 17.1 Å². The number of Topliss-reactive ketones (excluding diaryl/α,β-unsaturated/α-hetero) is 1. The van der Waals surface area contributed by atoms with Gasteiger partial charge in [0, 0.05) is 11.0 Å². The molecule has 0 spiro atoms. The van der Waals surface area contributed by atoms with Crippen LogP contribution in [0.4, 0.5) is 0 Å². The molecule has 2 heteroatoms. The number of carbonyl (C=O) groups is 1. The van der Waals surface area contributed by atoms with Gasteiger partial charge in [-0.2, -0.15) is 0 Å². The average molecular weight is 286 g/mol. The molecule has 2 atom stereocenters. The lowest BCUT2D eigenvalue weighted by molar-refractivity contribution is -0.119. The maximum atomic E-state index is 13.0. The van der Waals surface area contributed by atoms with E-state index in [9.17, 15) is 4.79 Å². The SMILES string of the molecule is CC1=C(C)CC2([Si](C)(C)C)C3=C(CC=CC3)C(=O)C2C1. The zero-order valence-electron chi connectivity index (χ0n) is 13.5. The second-order valence-electron chi connectivity index (χ2n) is 7.92. The molecule has 3 aliphatic carbocycles. The van der Waals surface area contributed by atoms with Gasteiger partial charge in [-0.3, -0.25) is 4.79 Å². The number of allylic oxidation sites excluding steroid dienone is 6. The number of hydrogen-bond acceptors (Lipinski definition) is 1. The molecule has 0 aromatic heterocycles. The van der Waals surface area contributed by atoms with Crippen LogP contribution in [0.3, 0.4) is 0 Å². The van der Waals surface area contributed by atoms with E-state index in [1.165, 1.54) is 16.7 Å². The van der Waals surface area contributed by atoms with Gasteiger partial charge in [-0.1, -0.05) is 48.5 Å². The maximum Gasteiger partial charge on any atom is 0.163 e. The Kier molecular flexibility index (Phi) is 3.02. The molecule has 0 radical (unpaired) electrons. The Labute approximate surface area is 123 Å². The Morgan fingerprint density at radius 3 is 2.40 bits per heavy atom. The van der Waals surface area contributed by atoms with Gasteiger partial charge in [0.05, 0.1) is 8.07 Å². The van der Waals surface area contributed by atoms with Gasteiger partial charge >= 0.3 is 0 Å². The van der Waals surface area contributed by atoms with E-state index < -0.39 is 8.07 Å². The summed E-state index contributed by atoms with van der Waals surface area (Å²) in [6, 6.07) is 0. The summed E-state index contributed by atoms with van der Waals surface area (Å²) in [5, 5.41) is 0.202. The fourth-order valence-electron chi connectivity index (χ4n) is 4.78. The van der Waals surface area contributed by atoms with E-state index in [4.69, 9.17) is 0 Å². The van der Waals surface area contributed by atoms with Crippen LogP contribution in [0.5, 0.6) is 0 Å². The Bertz CT molecular complexity index is 571. The van der Waals surface area contributed by atoms with Crippen molar-refractivity contribution in [1.82, 2.24) is 0 Å². The van der Waals surface area contributed by atoms with Crippen LogP contribution in [0.2, 0.25) is 24.7 Å². The molecule has 108 valence electrons. The van der Waals surface area contributed by atoms with E-state index in [-0.39, 0.29) is 11.0 Å². The highest BCUT2D eigenvalue weighted by atomic mass is 28.3. The van der Waals surface area contributed by atoms with Crippen molar-refractivity contribution in [2.24, 2.45) is 5.92 Å². The molecule has 0 N–H and O–H groups in total. The summed E-state index contributed by atoms with van der Waals surface area (Å²) in [6.45, 7) is 11.9. The second-order valence-corrected chi connectivity index (χ2v) is 13.3. The monoisotopic (exact) mass is 286 g/mol. The summed E-state index contributed by atoms with van der Waals surface area (Å²) < 4.78 is 0. The van der Waals surface area contributed by atoms with Crippen LogP contribution in [0, 0.1) is 5.92 Å². The molecule has 0 aliphatic heterocycles. The standard InChI is InChI=1S/C18H26OSi/c1-12-10-16-17(19)14-8-6-7-9-15(14)18(16,11-13(12)2)20(3,4)5/h6-7,16H,8-11H2,1-5H3. The maximum absolute atomic E-state index is 13.0. The number of ketones is 1. The first-order valence-electron chi connectivity index (χ1n) is 7.86. The van der Waals surface area contributed by atoms with E-state index in [1.807, 2.05) is 0 Å². The summed E-state index contributed by atoms with van der Waals surface area (Å²) in [6.07, 6.45) is 8.53. The van der Waals surface area contributed by atoms with E-state index in [0.29, 0.717) is 5.78 Å². The first-order valence-corrected chi connectivity index (χ1v) is 11.4. The zero-order valence-corrected chi connectivity index (χ0v) is 14.5. The summed E-state index contributed by atoms with van der Waals surface area (Å²) in [7, 11) is -1.48. The Hall–Kier alpha value is -0.893. The third kappa shape index (κ3) is 1.63. The molecule has 0 aromatic carbocycles. The van der Waals surface area contributed by atoms with Crippen LogP contribution in [-0.4, -0.2) is 13.9 Å². The van der Waals surface area contributed by atoms with Gasteiger partial charge in [0.15, 0.2) is 5.78 Å². The molecule has 0 heterocycles. The van der Waals surface area contributed by atoms with Gasteiger partial charge in [-0.05, 0) is 45.1 Å². The molecular weight excluding hydrogens is 260 g/mol. The average Bonchev–Trinajstić information content (AvgIpc) is 2.62. The molecule has 0 saturated carbocycles. The smallest absolute Gasteiger partial charge is 0.163 e. The molecule has 1 nitrogen and oxygen atoms in total.